The first-order valence-electron chi connectivity index (χ1n) is 12.7. The smallest absolute Gasteiger partial charge is 0.382 e. The number of alkyl halides is 3. The van der Waals surface area contributed by atoms with Gasteiger partial charge < -0.3 is 15.1 Å². The van der Waals surface area contributed by atoms with Crippen LogP contribution in [0, 0.1) is 10.1 Å². The number of rotatable bonds is 8. The Balaban J connectivity index is 0.00000420. The van der Waals surface area contributed by atoms with E-state index in [0.717, 1.165) is 62.0 Å². The quantitative estimate of drug-likeness (QED) is 0.314. The van der Waals surface area contributed by atoms with Crippen molar-refractivity contribution in [2.75, 3.05) is 56.0 Å². The number of halogens is 4. The number of carbonyl (C=O) groups excluding carboxylic acids is 1. The average molecular weight is 570 g/mol. The lowest BCUT2D eigenvalue weighted by Gasteiger charge is -2.36. The number of carbonyl (C=O) groups is 1. The fraction of sp³-hybridized carbons (Fsp3) is 0.519. The van der Waals surface area contributed by atoms with E-state index in [0.29, 0.717) is 32.4 Å². The van der Waals surface area contributed by atoms with Crippen molar-refractivity contribution in [2.45, 2.75) is 45.3 Å². The van der Waals surface area contributed by atoms with Crippen molar-refractivity contribution in [3.63, 3.8) is 0 Å². The number of anilines is 2. The summed E-state index contributed by atoms with van der Waals surface area (Å²) in [5.41, 5.74) is -0.890. The molecule has 2 aromatic carbocycles. The van der Waals surface area contributed by atoms with E-state index in [-0.39, 0.29) is 25.1 Å². The maximum atomic E-state index is 13.2. The number of piperidine rings is 1. The van der Waals surface area contributed by atoms with E-state index in [1.165, 1.54) is 6.07 Å². The molecule has 0 spiro atoms. The Morgan fingerprint density at radius 3 is 2.26 bits per heavy atom. The summed E-state index contributed by atoms with van der Waals surface area (Å²) in [4.78, 5) is 29.1. The van der Waals surface area contributed by atoms with Crippen LogP contribution < -0.4 is 10.2 Å². The molecule has 39 heavy (non-hydrogen) atoms. The standard InChI is InChI=1S/C26H31ClF3N5O3.CH4/c27-19-3-6-22(7-4-19)33-16-14-32(15-17-33)11-1-2-25(36)34-12-9-20(10-13-34)31-21-5-8-24(35(37)38)23(18-21)26(28,29)30;/h3-8,18,20,31H,1-2,9-17H2;1H4. The number of benzene rings is 2. The molecule has 2 aromatic rings. The molecule has 2 heterocycles. The first kappa shape index (κ1) is 30.5. The number of nitrogens with zero attached hydrogens (tertiary/aromatic N) is 4. The lowest BCUT2D eigenvalue weighted by atomic mass is 10.0. The van der Waals surface area contributed by atoms with Gasteiger partial charge in [0.25, 0.3) is 5.69 Å². The van der Waals surface area contributed by atoms with Crippen LogP contribution in [-0.2, 0) is 11.0 Å². The van der Waals surface area contributed by atoms with E-state index in [1.54, 1.807) is 0 Å². The molecular weight excluding hydrogens is 535 g/mol. The van der Waals surface area contributed by atoms with Crippen molar-refractivity contribution >= 4 is 34.6 Å². The van der Waals surface area contributed by atoms with E-state index in [9.17, 15) is 28.1 Å². The molecule has 0 radical (unpaired) electrons. The zero-order chi connectivity index (χ0) is 27.3. The SMILES string of the molecule is C.O=C(CCCN1CCN(c2ccc(Cl)cc2)CC1)N1CCC(Nc2ccc([N+](=O)[O-])c(C(F)(F)F)c2)CC1. The van der Waals surface area contributed by atoms with Gasteiger partial charge >= 0.3 is 6.18 Å². The number of nitro benzene ring substituents is 1. The fourth-order valence-electron chi connectivity index (χ4n) is 5.01. The summed E-state index contributed by atoms with van der Waals surface area (Å²) in [7, 11) is 0. The van der Waals surface area contributed by atoms with Crippen LogP contribution in [0.3, 0.4) is 0 Å². The number of amides is 1. The lowest BCUT2D eigenvalue weighted by Crippen LogP contribution is -2.47. The van der Waals surface area contributed by atoms with Gasteiger partial charge in [-0.3, -0.25) is 19.8 Å². The number of nitrogens with one attached hydrogen (secondary N) is 1. The van der Waals surface area contributed by atoms with E-state index < -0.39 is 22.4 Å². The minimum atomic E-state index is -4.82. The van der Waals surface area contributed by atoms with Crippen LogP contribution >= 0.6 is 11.6 Å². The topological polar surface area (TPSA) is 82.0 Å². The zero-order valence-electron chi connectivity index (χ0n) is 20.9. The number of nitro groups is 1. The number of hydrogen-bond acceptors (Lipinski definition) is 6. The summed E-state index contributed by atoms with van der Waals surface area (Å²) in [5.74, 6) is 0.0953. The van der Waals surface area contributed by atoms with Gasteiger partial charge in [0.05, 0.1) is 4.92 Å². The van der Waals surface area contributed by atoms with Gasteiger partial charge in [-0.1, -0.05) is 19.0 Å². The van der Waals surface area contributed by atoms with Crippen molar-refractivity contribution in [1.82, 2.24) is 9.80 Å². The molecule has 0 aromatic heterocycles. The van der Waals surface area contributed by atoms with E-state index >= 15 is 0 Å². The molecule has 214 valence electrons. The highest BCUT2D eigenvalue weighted by Gasteiger charge is 2.38. The molecule has 2 fully saturated rings. The molecule has 2 aliphatic rings. The van der Waals surface area contributed by atoms with Gasteiger partial charge in [0.15, 0.2) is 0 Å². The third-order valence-corrected chi connectivity index (χ3v) is 7.40. The average Bonchev–Trinajstić information content (AvgIpc) is 2.89. The molecule has 0 unspecified atom stereocenters. The van der Waals surface area contributed by atoms with E-state index in [4.69, 9.17) is 11.6 Å². The van der Waals surface area contributed by atoms with E-state index in [1.807, 2.05) is 29.2 Å². The summed E-state index contributed by atoms with van der Waals surface area (Å²) >= 11 is 5.97. The largest absolute Gasteiger partial charge is 0.423 e. The fourth-order valence-corrected chi connectivity index (χ4v) is 5.14. The van der Waals surface area contributed by atoms with Crippen molar-refractivity contribution in [3.8, 4) is 0 Å². The van der Waals surface area contributed by atoms with Gasteiger partial charge in [0, 0.05) is 74.2 Å². The second-order valence-corrected chi connectivity index (χ2v) is 10.1. The van der Waals surface area contributed by atoms with Crippen LogP contribution in [0.25, 0.3) is 0 Å². The molecule has 8 nitrogen and oxygen atoms in total. The third-order valence-electron chi connectivity index (χ3n) is 7.15. The highest BCUT2D eigenvalue weighted by Crippen LogP contribution is 2.38. The molecule has 2 aliphatic heterocycles. The second kappa shape index (κ2) is 13.3. The highest BCUT2D eigenvalue weighted by atomic mass is 35.5. The predicted octanol–water partition coefficient (Wildman–Crippen LogP) is 5.91. The molecule has 0 bridgehead atoms. The van der Waals surface area contributed by atoms with Gasteiger partial charge in [-0.15, -0.1) is 0 Å². The van der Waals surface area contributed by atoms with Gasteiger partial charge in [0.2, 0.25) is 5.91 Å². The zero-order valence-corrected chi connectivity index (χ0v) is 21.7. The Bertz CT molecular complexity index is 1120. The molecule has 4 rings (SSSR count). The van der Waals surface area contributed by atoms with Crippen molar-refractivity contribution < 1.29 is 22.9 Å². The van der Waals surface area contributed by atoms with Crippen LogP contribution in [0.2, 0.25) is 5.02 Å². The second-order valence-electron chi connectivity index (χ2n) is 9.69. The third kappa shape index (κ3) is 8.22. The molecule has 2 saturated heterocycles. The highest BCUT2D eigenvalue weighted by molar-refractivity contribution is 6.30. The maximum Gasteiger partial charge on any atom is 0.423 e. The predicted molar refractivity (Wildman–Crippen MR) is 147 cm³/mol. The van der Waals surface area contributed by atoms with E-state index in [2.05, 4.69) is 15.1 Å². The van der Waals surface area contributed by atoms with Crippen molar-refractivity contribution in [3.05, 3.63) is 63.2 Å². The maximum absolute atomic E-state index is 13.2. The summed E-state index contributed by atoms with van der Waals surface area (Å²) in [6.07, 6.45) is -2.39. The molecular formula is C27H35ClF3N5O3. The minimum Gasteiger partial charge on any atom is -0.382 e. The molecule has 12 heteroatoms. The normalized spacial score (nSPS) is 17.0. The summed E-state index contributed by atoms with van der Waals surface area (Å²) in [6.45, 7) is 5.63. The Kier molecular flexibility index (Phi) is 10.4. The summed E-state index contributed by atoms with van der Waals surface area (Å²) in [5, 5.41) is 14.7. The van der Waals surface area contributed by atoms with Crippen LogP contribution in [0.1, 0.15) is 38.7 Å². The Labute approximate surface area is 231 Å². The summed E-state index contributed by atoms with van der Waals surface area (Å²) < 4.78 is 39.7. The first-order valence-corrected chi connectivity index (χ1v) is 13.1. The van der Waals surface area contributed by atoms with Crippen molar-refractivity contribution in [1.29, 1.82) is 0 Å². The molecule has 0 atom stereocenters. The first-order chi connectivity index (χ1) is 18.1. The van der Waals surface area contributed by atoms with Crippen LogP contribution in [0.4, 0.5) is 30.2 Å². The van der Waals surface area contributed by atoms with Crippen LogP contribution in [-0.4, -0.2) is 72.5 Å². The van der Waals surface area contributed by atoms with Crippen LogP contribution in [0.15, 0.2) is 42.5 Å². The van der Waals surface area contributed by atoms with Gasteiger partial charge in [0.1, 0.15) is 5.56 Å². The minimum absolute atomic E-state index is 0. The van der Waals surface area contributed by atoms with Crippen molar-refractivity contribution in [2.24, 2.45) is 0 Å². The molecule has 1 N–H and O–H groups in total. The lowest BCUT2D eigenvalue weighted by molar-refractivity contribution is -0.388. The van der Waals surface area contributed by atoms with Crippen LogP contribution in [0.5, 0.6) is 0 Å². The van der Waals surface area contributed by atoms with Gasteiger partial charge in [-0.25, -0.2) is 0 Å². The summed E-state index contributed by atoms with van der Waals surface area (Å²) in [6, 6.07) is 10.7. The van der Waals surface area contributed by atoms with Gasteiger partial charge in [-0.2, -0.15) is 13.2 Å². The molecule has 0 saturated carbocycles. The Morgan fingerprint density at radius 2 is 1.67 bits per heavy atom. The number of hydrogen-bond donors (Lipinski definition) is 1. The molecule has 0 aliphatic carbocycles. The molecule has 1 amide bonds. The Hall–Kier alpha value is -3.05. The number of piperazine rings is 1. The monoisotopic (exact) mass is 569 g/mol. The van der Waals surface area contributed by atoms with Gasteiger partial charge in [-0.05, 0) is 62.2 Å². The Morgan fingerprint density at radius 1 is 1.03 bits per heavy atom. The number of likely N-dealkylation sites (tertiary alicyclic amines) is 1.